The van der Waals surface area contributed by atoms with E-state index < -0.39 is 0 Å². The maximum atomic E-state index is 13.4. The Hall–Kier alpha value is -1.05. The Labute approximate surface area is 104 Å². The van der Waals surface area contributed by atoms with E-state index >= 15 is 0 Å². The van der Waals surface area contributed by atoms with Crippen molar-refractivity contribution < 1.29 is 4.39 Å². The summed E-state index contributed by atoms with van der Waals surface area (Å²) in [5.41, 5.74) is 2.21. The molecule has 0 aliphatic heterocycles. The second kappa shape index (κ2) is 4.44. The van der Waals surface area contributed by atoms with E-state index in [2.05, 4.69) is 0 Å². The summed E-state index contributed by atoms with van der Waals surface area (Å²) in [6, 6.07) is 10.2. The van der Waals surface area contributed by atoms with Gasteiger partial charge in [0.25, 0.3) is 0 Å². The SMILES string of the molecule is Cc1ccc(-c2cc(Cl)cc(Cl)c2)cc1F. The van der Waals surface area contributed by atoms with Gasteiger partial charge < -0.3 is 0 Å². The molecule has 0 spiro atoms. The monoisotopic (exact) mass is 254 g/mol. The van der Waals surface area contributed by atoms with Gasteiger partial charge in [0.2, 0.25) is 0 Å². The van der Waals surface area contributed by atoms with E-state index in [-0.39, 0.29) is 5.82 Å². The molecule has 2 aromatic carbocycles. The molecule has 0 unspecified atom stereocenters. The molecule has 0 radical (unpaired) electrons. The molecule has 3 heteroatoms. The minimum absolute atomic E-state index is 0.228. The number of hydrogen-bond acceptors (Lipinski definition) is 0. The van der Waals surface area contributed by atoms with Crippen LogP contribution in [0.3, 0.4) is 0 Å². The lowest BCUT2D eigenvalue weighted by Gasteiger charge is -2.05. The molecular formula is C13H9Cl2F. The van der Waals surface area contributed by atoms with Crippen molar-refractivity contribution >= 4 is 23.2 Å². The number of hydrogen-bond donors (Lipinski definition) is 0. The normalized spacial score (nSPS) is 10.5. The van der Waals surface area contributed by atoms with E-state index in [1.807, 2.05) is 6.07 Å². The first-order chi connectivity index (χ1) is 7.56. The third-order valence-corrected chi connectivity index (χ3v) is 2.80. The topological polar surface area (TPSA) is 0 Å². The molecule has 0 heterocycles. The average molecular weight is 255 g/mol. The molecule has 0 aliphatic rings. The fourth-order valence-corrected chi connectivity index (χ4v) is 2.02. The van der Waals surface area contributed by atoms with Crippen LogP contribution in [0.5, 0.6) is 0 Å². The van der Waals surface area contributed by atoms with Crippen LogP contribution in [-0.4, -0.2) is 0 Å². The maximum absolute atomic E-state index is 13.4. The van der Waals surface area contributed by atoms with Gasteiger partial charge >= 0.3 is 0 Å². The molecule has 0 saturated carbocycles. The van der Waals surface area contributed by atoms with E-state index in [0.717, 1.165) is 11.1 Å². The highest BCUT2D eigenvalue weighted by Crippen LogP contribution is 2.28. The van der Waals surface area contributed by atoms with Gasteiger partial charge in [0.1, 0.15) is 5.82 Å². The Kier molecular flexibility index (Phi) is 3.17. The third kappa shape index (κ3) is 2.37. The van der Waals surface area contributed by atoms with E-state index in [9.17, 15) is 4.39 Å². The number of halogens is 3. The van der Waals surface area contributed by atoms with Crippen LogP contribution in [0.1, 0.15) is 5.56 Å². The highest BCUT2D eigenvalue weighted by molar-refractivity contribution is 6.35. The van der Waals surface area contributed by atoms with Crippen LogP contribution in [0.2, 0.25) is 10.0 Å². The molecule has 0 N–H and O–H groups in total. The maximum Gasteiger partial charge on any atom is 0.126 e. The Bertz CT molecular complexity index is 515. The summed E-state index contributed by atoms with van der Waals surface area (Å²) in [6.45, 7) is 1.73. The smallest absolute Gasteiger partial charge is 0.126 e. The zero-order chi connectivity index (χ0) is 11.7. The van der Waals surface area contributed by atoms with Gasteiger partial charge in [-0.15, -0.1) is 0 Å². The lowest BCUT2D eigenvalue weighted by atomic mass is 10.0. The molecule has 2 rings (SSSR count). The van der Waals surface area contributed by atoms with Gasteiger partial charge in [-0.25, -0.2) is 4.39 Å². The summed E-state index contributed by atoms with van der Waals surface area (Å²) < 4.78 is 13.4. The second-order valence-corrected chi connectivity index (χ2v) is 4.49. The molecule has 82 valence electrons. The zero-order valence-electron chi connectivity index (χ0n) is 8.60. The molecule has 0 nitrogen and oxygen atoms in total. The standard InChI is InChI=1S/C13H9Cl2F/c1-8-2-3-9(6-13(8)16)10-4-11(14)7-12(15)5-10/h2-7H,1H3. The van der Waals surface area contributed by atoms with Crippen molar-refractivity contribution in [3.63, 3.8) is 0 Å². The molecule has 16 heavy (non-hydrogen) atoms. The third-order valence-electron chi connectivity index (χ3n) is 2.37. The van der Waals surface area contributed by atoms with Crippen LogP contribution in [-0.2, 0) is 0 Å². The lowest BCUT2D eigenvalue weighted by molar-refractivity contribution is 0.619. The highest BCUT2D eigenvalue weighted by Gasteiger charge is 2.04. The quantitative estimate of drug-likeness (QED) is 0.664. The van der Waals surface area contributed by atoms with Crippen molar-refractivity contribution in [3.05, 3.63) is 57.8 Å². The van der Waals surface area contributed by atoms with Gasteiger partial charge in [-0.1, -0.05) is 35.3 Å². The summed E-state index contributed by atoms with van der Waals surface area (Å²) in [5, 5.41) is 1.09. The summed E-state index contributed by atoms with van der Waals surface area (Å²) in [4.78, 5) is 0. The Morgan fingerprint density at radius 2 is 1.50 bits per heavy atom. The number of rotatable bonds is 1. The van der Waals surface area contributed by atoms with Gasteiger partial charge in [0, 0.05) is 10.0 Å². The first kappa shape index (κ1) is 11.4. The van der Waals surface area contributed by atoms with E-state index in [1.54, 1.807) is 31.2 Å². The summed E-state index contributed by atoms with van der Waals surface area (Å²) >= 11 is 11.8. The molecule has 0 amide bonds. The summed E-state index contributed by atoms with van der Waals surface area (Å²) in [6.07, 6.45) is 0. The second-order valence-electron chi connectivity index (χ2n) is 3.62. The molecule has 0 aliphatic carbocycles. The van der Waals surface area contributed by atoms with Gasteiger partial charge in [-0.05, 0) is 47.9 Å². The van der Waals surface area contributed by atoms with E-state index in [1.165, 1.54) is 6.07 Å². The molecule has 0 aromatic heterocycles. The van der Waals surface area contributed by atoms with Crippen molar-refractivity contribution in [1.82, 2.24) is 0 Å². The zero-order valence-corrected chi connectivity index (χ0v) is 10.1. The predicted molar refractivity (Wildman–Crippen MR) is 66.6 cm³/mol. The van der Waals surface area contributed by atoms with Crippen molar-refractivity contribution in [2.45, 2.75) is 6.92 Å². The predicted octanol–water partition coefficient (Wildman–Crippen LogP) is 5.11. The van der Waals surface area contributed by atoms with Gasteiger partial charge in [0.05, 0.1) is 0 Å². The minimum atomic E-state index is -0.228. The van der Waals surface area contributed by atoms with Crippen LogP contribution >= 0.6 is 23.2 Å². The largest absolute Gasteiger partial charge is 0.207 e. The molecule has 0 atom stereocenters. The summed E-state index contributed by atoms with van der Waals surface area (Å²) in [7, 11) is 0. The Morgan fingerprint density at radius 3 is 2.06 bits per heavy atom. The van der Waals surface area contributed by atoms with E-state index in [4.69, 9.17) is 23.2 Å². The molecule has 0 fully saturated rings. The lowest BCUT2D eigenvalue weighted by Crippen LogP contribution is -1.84. The minimum Gasteiger partial charge on any atom is -0.207 e. The van der Waals surface area contributed by atoms with Crippen LogP contribution in [0.25, 0.3) is 11.1 Å². The van der Waals surface area contributed by atoms with Crippen LogP contribution in [0.4, 0.5) is 4.39 Å². The summed E-state index contributed by atoms with van der Waals surface area (Å²) in [5.74, 6) is -0.228. The van der Waals surface area contributed by atoms with Crippen molar-refractivity contribution in [3.8, 4) is 11.1 Å². The van der Waals surface area contributed by atoms with E-state index in [0.29, 0.717) is 15.6 Å². The Morgan fingerprint density at radius 1 is 0.875 bits per heavy atom. The molecular weight excluding hydrogens is 246 g/mol. The van der Waals surface area contributed by atoms with Crippen LogP contribution in [0, 0.1) is 12.7 Å². The van der Waals surface area contributed by atoms with Crippen molar-refractivity contribution in [2.24, 2.45) is 0 Å². The van der Waals surface area contributed by atoms with Gasteiger partial charge in [0.15, 0.2) is 0 Å². The number of aryl methyl sites for hydroxylation is 1. The highest BCUT2D eigenvalue weighted by atomic mass is 35.5. The average Bonchev–Trinajstić information content (AvgIpc) is 2.20. The molecule has 0 saturated heterocycles. The number of benzene rings is 2. The first-order valence-electron chi connectivity index (χ1n) is 4.79. The van der Waals surface area contributed by atoms with Crippen molar-refractivity contribution in [1.29, 1.82) is 0 Å². The van der Waals surface area contributed by atoms with Gasteiger partial charge in [-0.3, -0.25) is 0 Å². The fraction of sp³-hybridized carbons (Fsp3) is 0.0769. The van der Waals surface area contributed by atoms with Gasteiger partial charge in [-0.2, -0.15) is 0 Å². The first-order valence-corrected chi connectivity index (χ1v) is 5.54. The van der Waals surface area contributed by atoms with Crippen LogP contribution in [0.15, 0.2) is 36.4 Å². The molecule has 0 bridgehead atoms. The fourth-order valence-electron chi connectivity index (χ4n) is 1.49. The molecule has 2 aromatic rings. The Balaban J connectivity index is 2.54. The van der Waals surface area contributed by atoms with Crippen LogP contribution < -0.4 is 0 Å². The van der Waals surface area contributed by atoms with Crippen molar-refractivity contribution in [2.75, 3.05) is 0 Å².